The molecule has 1 saturated heterocycles. The molecule has 4 aromatic rings. The summed E-state index contributed by atoms with van der Waals surface area (Å²) in [7, 11) is 1.34. The van der Waals surface area contributed by atoms with E-state index in [0.717, 1.165) is 134 Å². The third-order valence-corrected chi connectivity index (χ3v) is 17.2. The lowest BCUT2D eigenvalue weighted by atomic mass is 9.82. The van der Waals surface area contributed by atoms with E-state index in [0.29, 0.717) is 65.1 Å². The summed E-state index contributed by atoms with van der Waals surface area (Å²) in [6, 6.07) is 15.5. The number of ether oxygens (including phenoxy) is 1. The van der Waals surface area contributed by atoms with Crippen LogP contribution in [-0.2, 0) is 14.3 Å². The summed E-state index contributed by atoms with van der Waals surface area (Å²) in [6.45, 7) is 18.9. The van der Waals surface area contributed by atoms with Crippen LogP contribution in [0.2, 0.25) is 10.0 Å². The van der Waals surface area contributed by atoms with E-state index in [4.69, 9.17) is 42.9 Å². The van der Waals surface area contributed by atoms with E-state index < -0.39 is 17.3 Å². The van der Waals surface area contributed by atoms with Gasteiger partial charge in [0.05, 0.1) is 52.4 Å². The number of nitrogens with zero attached hydrogens (tertiary/aromatic N) is 6. The number of hydrogen-bond acceptors (Lipinski definition) is 13. The van der Waals surface area contributed by atoms with E-state index in [1.54, 1.807) is 12.4 Å². The Kier molecular flexibility index (Phi) is 14.5. The molecule has 400 valence electrons. The fourth-order valence-corrected chi connectivity index (χ4v) is 12.8. The predicted octanol–water partition coefficient (Wildman–Crippen LogP) is 11.8. The van der Waals surface area contributed by atoms with Gasteiger partial charge in [-0.05, 0) is 148 Å². The second-order valence-electron chi connectivity index (χ2n) is 21.1. The molecule has 2 unspecified atom stereocenters. The number of carbonyl (C=O) groups excluding carboxylic acids is 2. The molecule has 5 aliphatic heterocycles. The number of nitrogens with one attached hydrogen (secondary N) is 4. The van der Waals surface area contributed by atoms with Crippen LogP contribution < -0.4 is 21.3 Å². The van der Waals surface area contributed by atoms with Crippen LogP contribution in [0.25, 0.3) is 21.8 Å². The highest BCUT2D eigenvalue weighted by Crippen LogP contribution is 2.69. The van der Waals surface area contributed by atoms with Crippen molar-refractivity contribution in [1.29, 1.82) is 0 Å². The number of carbonyl (C=O) groups is 2. The Morgan fingerprint density at radius 3 is 2.14 bits per heavy atom. The van der Waals surface area contributed by atoms with Gasteiger partial charge in [-0.15, -0.1) is 0 Å². The molecule has 11 rings (SSSR count). The molecule has 2 aromatic heterocycles. The number of benzene rings is 2. The van der Waals surface area contributed by atoms with Gasteiger partial charge in [0.15, 0.2) is 0 Å². The van der Waals surface area contributed by atoms with Gasteiger partial charge in [0, 0.05) is 123 Å². The van der Waals surface area contributed by atoms with E-state index in [1.807, 2.05) is 73.7 Å². The minimum atomic E-state index is -1.10. The van der Waals surface area contributed by atoms with Crippen molar-refractivity contribution >= 4 is 85.4 Å². The van der Waals surface area contributed by atoms with Crippen LogP contribution in [0.15, 0.2) is 180 Å². The van der Waals surface area contributed by atoms with Crippen molar-refractivity contribution in [2.75, 3.05) is 57.0 Å². The zero-order valence-corrected chi connectivity index (χ0v) is 46.4. The van der Waals surface area contributed by atoms with Crippen molar-refractivity contribution < 1.29 is 19.4 Å². The summed E-state index contributed by atoms with van der Waals surface area (Å²) in [5.41, 5.74) is 15.2. The molecule has 78 heavy (non-hydrogen) atoms. The maximum absolute atomic E-state index is 14.1. The van der Waals surface area contributed by atoms with Crippen LogP contribution in [0.1, 0.15) is 66.7 Å². The highest BCUT2D eigenvalue weighted by molar-refractivity contribution is 6.31. The van der Waals surface area contributed by atoms with Crippen molar-refractivity contribution in [1.82, 2.24) is 25.5 Å². The lowest BCUT2D eigenvalue weighted by molar-refractivity contribution is -0.143. The van der Waals surface area contributed by atoms with Crippen LogP contribution in [-0.4, -0.2) is 95.4 Å². The number of aliphatic hydroxyl groups is 1. The van der Waals surface area contributed by atoms with Crippen LogP contribution >= 0.6 is 23.2 Å². The minimum Gasteiger partial charge on any atom is -0.510 e. The van der Waals surface area contributed by atoms with Gasteiger partial charge in [0.25, 0.3) is 0 Å². The average molecular weight is 1080 g/mol. The fraction of sp³-hybridized carbons (Fsp3) is 0.339. The van der Waals surface area contributed by atoms with Crippen LogP contribution in [0.3, 0.4) is 0 Å². The molecule has 5 N–H and O–H groups in total. The Labute approximate surface area is 465 Å². The number of amides is 1. The summed E-state index contributed by atoms with van der Waals surface area (Å²) >= 11 is 12.6. The van der Waals surface area contributed by atoms with E-state index in [2.05, 4.69) is 76.5 Å². The molecule has 8 bridgehead atoms. The monoisotopic (exact) mass is 1080 g/mol. The summed E-state index contributed by atoms with van der Waals surface area (Å²) in [6.07, 6.45) is 15.0. The Balaban J connectivity index is 0.810. The number of pyridine rings is 2. The molecule has 1 spiro atoms. The Morgan fingerprint density at radius 1 is 0.846 bits per heavy atom. The van der Waals surface area contributed by atoms with Crippen molar-refractivity contribution in [3.63, 3.8) is 0 Å². The maximum atomic E-state index is 14.1. The van der Waals surface area contributed by atoms with E-state index in [9.17, 15) is 14.7 Å². The quantitative estimate of drug-likeness (QED) is 0.0476. The molecule has 2 aliphatic carbocycles. The number of aliphatic hydroxyl groups excluding tert-OH is 1. The molecular weight excluding hydrogens is 1020 g/mol. The lowest BCUT2D eigenvalue weighted by Gasteiger charge is -2.24. The molecule has 0 radical (unpaired) electrons. The molecule has 14 nitrogen and oxygen atoms in total. The number of allylic oxidation sites excluding steroid dienone is 11. The fourth-order valence-electron chi connectivity index (χ4n) is 12.4. The van der Waals surface area contributed by atoms with Gasteiger partial charge in [-0.2, -0.15) is 0 Å². The highest BCUT2D eigenvalue weighted by Gasteiger charge is 2.66. The molecule has 7 aliphatic rings. The van der Waals surface area contributed by atoms with Crippen molar-refractivity contribution in [2.45, 2.75) is 66.7 Å². The van der Waals surface area contributed by atoms with Gasteiger partial charge in [0.2, 0.25) is 5.91 Å². The zero-order chi connectivity index (χ0) is 54.6. The molecule has 2 fully saturated rings. The van der Waals surface area contributed by atoms with E-state index in [-0.39, 0.29) is 23.5 Å². The second-order valence-corrected chi connectivity index (χ2v) is 22.0. The lowest BCUT2D eigenvalue weighted by Crippen LogP contribution is -2.34. The first-order chi connectivity index (χ1) is 37.7. The number of halogens is 2. The van der Waals surface area contributed by atoms with Crippen molar-refractivity contribution in [2.24, 2.45) is 38.1 Å². The average Bonchev–Trinajstić information content (AvgIpc) is 2.86. The summed E-state index contributed by atoms with van der Waals surface area (Å²) in [4.78, 5) is 55.0. The molecular formula is C62H64Cl2N10O4. The number of unbranched alkanes of at least 4 members (excludes halogenated alkanes) is 1. The number of fused-ring (bicyclic) bond motifs is 8. The molecule has 2 aromatic carbocycles. The molecule has 1 amide bonds. The van der Waals surface area contributed by atoms with Crippen LogP contribution in [0, 0.1) is 23.2 Å². The smallest absolute Gasteiger partial charge is 0.321 e. The van der Waals surface area contributed by atoms with Gasteiger partial charge in [-0.3, -0.25) is 24.5 Å². The summed E-state index contributed by atoms with van der Waals surface area (Å²) in [5, 5.41) is 29.8. The highest BCUT2D eigenvalue weighted by atomic mass is 35.5. The normalized spacial score (nSPS) is 22.1. The van der Waals surface area contributed by atoms with Crippen LogP contribution in [0.4, 0.5) is 11.4 Å². The first-order valence-corrected chi connectivity index (χ1v) is 27.7. The van der Waals surface area contributed by atoms with Gasteiger partial charge < -0.3 is 31.1 Å². The number of aromatic nitrogens is 2. The number of methoxy groups -OCH3 is 1. The Bertz CT molecular complexity index is 3540. The Hall–Kier alpha value is -7.39. The predicted molar refractivity (Wildman–Crippen MR) is 314 cm³/mol. The number of rotatable bonds is 18. The van der Waals surface area contributed by atoms with E-state index in [1.165, 1.54) is 7.11 Å². The minimum absolute atomic E-state index is 0.0239. The van der Waals surface area contributed by atoms with Crippen molar-refractivity contribution in [3.8, 4) is 0 Å². The first-order valence-electron chi connectivity index (χ1n) is 27.0. The third-order valence-electron chi connectivity index (χ3n) is 16.8. The largest absolute Gasteiger partial charge is 0.510 e. The number of esters is 1. The Morgan fingerprint density at radius 2 is 1.50 bits per heavy atom. The number of aliphatic imine (C=N–C) groups is 3. The maximum Gasteiger partial charge on any atom is 0.321 e. The van der Waals surface area contributed by atoms with Crippen LogP contribution in [0.5, 0.6) is 0 Å². The summed E-state index contributed by atoms with van der Waals surface area (Å²) in [5.74, 6) is -1.95. The third kappa shape index (κ3) is 9.51. The van der Waals surface area contributed by atoms with Crippen molar-refractivity contribution in [3.05, 3.63) is 175 Å². The summed E-state index contributed by atoms with van der Waals surface area (Å²) < 4.78 is 5.41. The topological polar surface area (TPSA) is 178 Å². The standard InChI is InChI=1S/C62H64Cl2N10O4/c1-8-40-33(3)46-29-49-36(6)62(60(73-49)56-57(61(77)78-7)59(76)55-35(5)48(72-58(55)56)31-53-41(9-2)34(4)47(71-53)30-52(40)70-46)32-37(62)26-54(75)69-18-10-11-23-74(24-21-67-44-16-19-65-50-27-38(63)12-14-42(44)50)25-22-68-45-17-20-66-51-28-39(64)13-15-43(45)51/h8,12-17,19-20,27-31,36-37,57,73,76H,1,9-11,18,21-26,32H2,2-7H3,(H,65,67)(H,66,68)(H,69,75)/t36-,37?,57-,62?/m1/s1. The molecule has 1 saturated carbocycles. The molecule has 7 heterocycles. The first kappa shape index (κ1) is 52.7. The van der Waals surface area contributed by atoms with Gasteiger partial charge in [0.1, 0.15) is 11.7 Å². The SMILES string of the molecule is C=CC1=C(C)C2=NC1=CC1=NC(=CC3=C(C)C4=C(O)[C@H](C(=O)OC)C(=C5NC(=C2)[C@@H](C)C52CC2CC(=O)NCCCCN(CCNc2ccnc5cc(Cl)ccc25)CCNc2ccnc5cc(Cl)ccc25)C4=N3)C(CC)=C1C. The van der Waals surface area contributed by atoms with E-state index >= 15 is 0 Å². The van der Waals surface area contributed by atoms with Gasteiger partial charge >= 0.3 is 5.97 Å². The zero-order valence-electron chi connectivity index (χ0n) is 44.9. The number of hydrogen-bond donors (Lipinski definition) is 5. The number of anilines is 2. The second kappa shape index (κ2) is 21.4. The molecule has 4 atom stereocenters. The molecule has 16 heteroatoms. The van der Waals surface area contributed by atoms with Gasteiger partial charge in [-0.1, -0.05) is 49.7 Å². The van der Waals surface area contributed by atoms with Gasteiger partial charge in [-0.25, -0.2) is 15.0 Å².